The summed E-state index contributed by atoms with van der Waals surface area (Å²) >= 11 is 0. The molecule has 4 nitrogen and oxygen atoms in total. The Balaban J connectivity index is 2.69. The number of rotatable bonds is 8. The first-order chi connectivity index (χ1) is 9.93. The van der Waals surface area contributed by atoms with Crippen LogP contribution in [0.25, 0.3) is 0 Å². The van der Waals surface area contributed by atoms with Crippen LogP contribution in [0.3, 0.4) is 0 Å². The highest BCUT2D eigenvalue weighted by Crippen LogP contribution is 2.26. The van der Waals surface area contributed by atoms with Gasteiger partial charge in [0.25, 0.3) is 5.91 Å². The van der Waals surface area contributed by atoms with E-state index in [2.05, 4.69) is 24.5 Å². The van der Waals surface area contributed by atoms with Crippen molar-refractivity contribution in [2.24, 2.45) is 0 Å². The predicted molar refractivity (Wildman–Crippen MR) is 86.5 cm³/mol. The van der Waals surface area contributed by atoms with E-state index >= 15 is 0 Å². The fourth-order valence-corrected chi connectivity index (χ4v) is 2.12. The molecule has 0 radical (unpaired) electrons. The van der Waals surface area contributed by atoms with Crippen LogP contribution in [0.15, 0.2) is 24.3 Å². The van der Waals surface area contributed by atoms with E-state index < -0.39 is 0 Å². The van der Waals surface area contributed by atoms with Gasteiger partial charge in [0.1, 0.15) is 5.75 Å². The average Bonchev–Trinajstić information content (AvgIpc) is 2.47. The van der Waals surface area contributed by atoms with Gasteiger partial charge in [0.2, 0.25) is 0 Å². The Morgan fingerprint density at radius 1 is 1.29 bits per heavy atom. The summed E-state index contributed by atoms with van der Waals surface area (Å²) in [6.07, 6.45) is 1.85. The zero-order valence-electron chi connectivity index (χ0n) is 13.8. The molecule has 0 aliphatic carbocycles. The molecule has 0 heterocycles. The molecular weight excluding hydrogens is 264 g/mol. The molecule has 21 heavy (non-hydrogen) atoms. The van der Waals surface area contributed by atoms with E-state index in [9.17, 15) is 4.79 Å². The molecule has 0 aromatic heterocycles. The number of benzene rings is 1. The fraction of sp³-hybridized carbons (Fsp3) is 0.588. The molecule has 1 unspecified atom stereocenters. The molecule has 0 aliphatic heterocycles. The van der Waals surface area contributed by atoms with Gasteiger partial charge in [-0.25, -0.2) is 0 Å². The predicted octanol–water partition coefficient (Wildman–Crippen LogP) is 3.04. The molecular formula is C17H28N2O2. The summed E-state index contributed by atoms with van der Waals surface area (Å²) < 4.78 is 5.72. The maximum Gasteiger partial charge on any atom is 0.258 e. The van der Waals surface area contributed by atoms with E-state index in [1.165, 1.54) is 0 Å². The lowest BCUT2D eigenvalue weighted by Crippen LogP contribution is -2.45. The van der Waals surface area contributed by atoms with Crippen molar-refractivity contribution in [1.82, 2.24) is 10.6 Å². The van der Waals surface area contributed by atoms with Crippen molar-refractivity contribution >= 4 is 5.91 Å². The minimum atomic E-state index is -0.198. The monoisotopic (exact) mass is 292 g/mol. The van der Waals surface area contributed by atoms with E-state index in [0.717, 1.165) is 24.2 Å². The third-order valence-electron chi connectivity index (χ3n) is 3.77. The molecule has 0 bridgehead atoms. The topological polar surface area (TPSA) is 50.4 Å². The van der Waals surface area contributed by atoms with Crippen LogP contribution in [0, 0.1) is 0 Å². The second kappa shape index (κ2) is 8.03. The number of hydrogen-bond acceptors (Lipinski definition) is 3. The molecule has 4 heteroatoms. The molecule has 1 amide bonds. The second-order valence-electron chi connectivity index (χ2n) is 5.86. The van der Waals surface area contributed by atoms with Crippen molar-refractivity contribution in [3.8, 4) is 5.75 Å². The van der Waals surface area contributed by atoms with Crippen LogP contribution in [-0.4, -0.2) is 25.1 Å². The Kier molecular flexibility index (Phi) is 6.69. The summed E-state index contributed by atoms with van der Waals surface area (Å²) in [5.74, 6) is 0.678. The van der Waals surface area contributed by atoms with Crippen LogP contribution in [0.1, 0.15) is 52.1 Å². The lowest BCUT2D eigenvalue weighted by Gasteiger charge is -2.25. The Bertz CT molecular complexity index is 454. The van der Waals surface area contributed by atoms with Gasteiger partial charge >= 0.3 is 0 Å². The Labute approximate surface area is 128 Å². The molecule has 0 saturated heterocycles. The van der Waals surface area contributed by atoms with Gasteiger partial charge < -0.3 is 15.4 Å². The average molecular weight is 292 g/mol. The van der Waals surface area contributed by atoms with E-state index in [1.807, 2.05) is 45.2 Å². The summed E-state index contributed by atoms with van der Waals surface area (Å²) in [4.78, 5) is 12.0. The van der Waals surface area contributed by atoms with Crippen molar-refractivity contribution in [3.05, 3.63) is 29.8 Å². The van der Waals surface area contributed by atoms with Gasteiger partial charge in [-0.05, 0) is 39.8 Å². The Hall–Kier alpha value is -1.55. The maximum atomic E-state index is 12.0. The summed E-state index contributed by atoms with van der Waals surface area (Å²) in [6, 6.07) is 8.09. The van der Waals surface area contributed by atoms with Crippen LogP contribution >= 0.6 is 0 Å². The first-order valence-corrected chi connectivity index (χ1v) is 7.63. The molecule has 0 saturated carbocycles. The minimum absolute atomic E-state index is 0.0423. The van der Waals surface area contributed by atoms with Crippen LogP contribution in [-0.2, 0) is 4.79 Å². The number of nitrogens with one attached hydrogen (secondary N) is 2. The van der Waals surface area contributed by atoms with E-state index in [4.69, 9.17) is 4.74 Å². The van der Waals surface area contributed by atoms with Gasteiger partial charge in [-0.3, -0.25) is 4.79 Å². The van der Waals surface area contributed by atoms with Crippen LogP contribution in [0.5, 0.6) is 5.75 Å². The molecule has 1 rings (SSSR count). The zero-order valence-corrected chi connectivity index (χ0v) is 13.8. The van der Waals surface area contributed by atoms with Gasteiger partial charge in [0.15, 0.2) is 6.61 Å². The molecule has 118 valence electrons. The number of para-hydroxylation sites is 1. The fourth-order valence-electron chi connectivity index (χ4n) is 2.12. The zero-order chi connectivity index (χ0) is 15.9. The lowest BCUT2D eigenvalue weighted by molar-refractivity contribution is -0.124. The summed E-state index contributed by atoms with van der Waals surface area (Å²) in [6.45, 7) is 8.23. The Morgan fingerprint density at radius 2 is 1.95 bits per heavy atom. The van der Waals surface area contributed by atoms with E-state index in [0.29, 0.717) is 0 Å². The van der Waals surface area contributed by atoms with Crippen molar-refractivity contribution < 1.29 is 9.53 Å². The van der Waals surface area contributed by atoms with Gasteiger partial charge in [-0.1, -0.05) is 32.0 Å². The maximum absolute atomic E-state index is 12.0. The van der Waals surface area contributed by atoms with Crippen LogP contribution in [0.2, 0.25) is 0 Å². The largest absolute Gasteiger partial charge is 0.483 e. The first kappa shape index (κ1) is 17.5. The van der Waals surface area contributed by atoms with Gasteiger partial charge in [-0.2, -0.15) is 0 Å². The van der Waals surface area contributed by atoms with Gasteiger partial charge in [-0.15, -0.1) is 0 Å². The van der Waals surface area contributed by atoms with Crippen molar-refractivity contribution in [2.45, 2.75) is 52.1 Å². The van der Waals surface area contributed by atoms with Crippen LogP contribution in [0.4, 0.5) is 0 Å². The summed E-state index contributed by atoms with van der Waals surface area (Å²) in [5, 5.41) is 6.24. The van der Waals surface area contributed by atoms with Crippen molar-refractivity contribution in [3.63, 3.8) is 0 Å². The Morgan fingerprint density at radius 3 is 2.52 bits per heavy atom. The van der Waals surface area contributed by atoms with E-state index in [1.54, 1.807) is 0 Å². The lowest BCUT2D eigenvalue weighted by atomic mass is 10.0. The van der Waals surface area contributed by atoms with E-state index in [-0.39, 0.29) is 24.1 Å². The highest BCUT2D eigenvalue weighted by molar-refractivity contribution is 5.78. The number of ether oxygens (including phenoxy) is 1. The molecule has 0 aliphatic rings. The number of carbonyl (C=O) groups excluding carboxylic acids is 1. The quantitative estimate of drug-likeness (QED) is 0.774. The van der Waals surface area contributed by atoms with Crippen molar-refractivity contribution in [2.75, 3.05) is 13.7 Å². The third-order valence-corrected chi connectivity index (χ3v) is 3.77. The standard InChI is InChI=1S/C17H28N2O2/c1-6-14(18-5)13-10-8-9-11-15(13)21-12-16(20)19-17(3,4)7-2/h8-11,14,18H,6-7,12H2,1-5H3,(H,19,20). The number of carbonyl (C=O) groups is 1. The normalized spacial score (nSPS) is 12.8. The molecule has 2 N–H and O–H groups in total. The van der Waals surface area contributed by atoms with Gasteiger partial charge in [0.05, 0.1) is 0 Å². The van der Waals surface area contributed by atoms with Crippen LogP contribution < -0.4 is 15.4 Å². The van der Waals surface area contributed by atoms with Crippen molar-refractivity contribution in [1.29, 1.82) is 0 Å². The number of hydrogen-bond donors (Lipinski definition) is 2. The number of amides is 1. The molecule has 1 atom stereocenters. The third kappa shape index (κ3) is 5.38. The smallest absolute Gasteiger partial charge is 0.258 e. The molecule has 1 aromatic carbocycles. The van der Waals surface area contributed by atoms with Gasteiger partial charge in [0, 0.05) is 17.1 Å². The highest BCUT2D eigenvalue weighted by atomic mass is 16.5. The second-order valence-corrected chi connectivity index (χ2v) is 5.86. The summed E-state index contributed by atoms with van der Waals surface area (Å²) in [5.41, 5.74) is 0.890. The molecule has 0 fully saturated rings. The minimum Gasteiger partial charge on any atom is -0.483 e. The molecule has 1 aromatic rings. The highest BCUT2D eigenvalue weighted by Gasteiger charge is 2.19. The molecule has 0 spiro atoms. The SMILES string of the molecule is CCC(NC)c1ccccc1OCC(=O)NC(C)(C)CC. The first-order valence-electron chi connectivity index (χ1n) is 7.63. The summed E-state index contributed by atoms with van der Waals surface area (Å²) in [7, 11) is 1.93.